The number of halogens is 2. The average molecular weight is 745 g/mol. The molecule has 258 valence electrons. The fourth-order valence-corrected chi connectivity index (χ4v) is 6.41. The summed E-state index contributed by atoms with van der Waals surface area (Å²) in [5, 5.41) is 8.55. The minimum atomic E-state index is -0.577. The van der Waals surface area contributed by atoms with Gasteiger partial charge in [-0.3, -0.25) is 14.4 Å². The standard InChI is InChI=1S/C42H31Cl2N3O4S/c43-36-18-10-15-30(38(36)44)27-37(47-40(48)29-13-6-2-7-14-29)41(49)45-32-21-25-35(26-22-32)52-39(28-11-4-1-5-12-28)42(50)46-31-19-23-34(24-20-31)51-33-16-8-3-9-17-33/h1-27,39H,(H,45,49)(H,46,50)(H,47,48)/b37-27-. The van der Waals surface area contributed by atoms with Crippen molar-refractivity contribution in [3.8, 4) is 11.5 Å². The molecule has 7 nitrogen and oxygen atoms in total. The van der Waals surface area contributed by atoms with Gasteiger partial charge in [0.25, 0.3) is 11.8 Å². The van der Waals surface area contributed by atoms with Crippen LogP contribution in [0.2, 0.25) is 10.0 Å². The highest BCUT2D eigenvalue weighted by molar-refractivity contribution is 8.00. The Bertz CT molecular complexity index is 2180. The van der Waals surface area contributed by atoms with Gasteiger partial charge in [0.15, 0.2) is 0 Å². The number of hydrogen-bond acceptors (Lipinski definition) is 5. The van der Waals surface area contributed by atoms with Crippen LogP contribution in [0.4, 0.5) is 11.4 Å². The lowest BCUT2D eigenvalue weighted by Crippen LogP contribution is -2.30. The van der Waals surface area contributed by atoms with Gasteiger partial charge in [0.1, 0.15) is 22.4 Å². The van der Waals surface area contributed by atoms with E-state index in [0.29, 0.717) is 33.3 Å². The highest BCUT2D eigenvalue weighted by atomic mass is 35.5. The van der Waals surface area contributed by atoms with Crippen molar-refractivity contribution >= 4 is 70.1 Å². The van der Waals surface area contributed by atoms with E-state index in [2.05, 4.69) is 16.0 Å². The number of carbonyl (C=O) groups is 3. The van der Waals surface area contributed by atoms with Crippen molar-refractivity contribution in [3.63, 3.8) is 0 Å². The molecule has 0 saturated heterocycles. The Kier molecular flexibility index (Phi) is 12.1. The van der Waals surface area contributed by atoms with Gasteiger partial charge in [0.05, 0.1) is 10.0 Å². The van der Waals surface area contributed by atoms with Crippen LogP contribution in [0.25, 0.3) is 6.08 Å². The summed E-state index contributed by atoms with van der Waals surface area (Å²) in [6, 6.07) is 46.9. The number of benzene rings is 6. The topological polar surface area (TPSA) is 96.5 Å². The highest BCUT2D eigenvalue weighted by Crippen LogP contribution is 2.37. The smallest absolute Gasteiger partial charge is 0.272 e. The van der Waals surface area contributed by atoms with Crippen molar-refractivity contribution in [2.45, 2.75) is 10.1 Å². The van der Waals surface area contributed by atoms with Crippen molar-refractivity contribution in [1.29, 1.82) is 0 Å². The molecule has 0 fully saturated rings. The largest absolute Gasteiger partial charge is 0.457 e. The van der Waals surface area contributed by atoms with Gasteiger partial charge in [-0.1, -0.05) is 102 Å². The highest BCUT2D eigenvalue weighted by Gasteiger charge is 2.23. The lowest BCUT2D eigenvalue weighted by atomic mass is 10.1. The zero-order valence-corrected chi connectivity index (χ0v) is 29.8. The van der Waals surface area contributed by atoms with Gasteiger partial charge in [0.2, 0.25) is 5.91 Å². The number of nitrogens with one attached hydrogen (secondary N) is 3. The number of carbonyl (C=O) groups excluding carboxylic acids is 3. The molecule has 0 aromatic heterocycles. The Labute approximate surface area is 315 Å². The molecular formula is C42H31Cl2N3O4S. The van der Waals surface area contributed by atoms with Crippen molar-refractivity contribution in [2.75, 3.05) is 10.6 Å². The van der Waals surface area contributed by atoms with Crippen molar-refractivity contribution < 1.29 is 19.1 Å². The fourth-order valence-electron chi connectivity index (χ4n) is 5.02. The van der Waals surface area contributed by atoms with E-state index in [1.54, 1.807) is 84.9 Å². The second-order valence-corrected chi connectivity index (χ2v) is 13.3. The molecule has 1 atom stereocenters. The van der Waals surface area contributed by atoms with E-state index >= 15 is 0 Å². The molecule has 0 radical (unpaired) electrons. The van der Waals surface area contributed by atoms with Crippen LogP contribution in [0.1, 0.15) is 26.7 Å². The summed E-state index contributed by atoms with van der Waals surface area (Å²) >= 11 is 14.0. The predicted octanol–water partition coefficient (Wildman–Crippen LogP) is 10.7. The number of rotatable bonds is 12. The van der Waals surface area contributed by atoms with Gasteiger partial charge in [-0.05, 0) is 96.1 Å². The molecule has 0 bridgehead atoms. The number of para-hydroxylation sites is 1. The lowest BCUT2D eigenvalue weighted by molar-refractivity contribution is -0.116. The summed E-state index contributed by atoms with van der Waals surface area (Å²) in [6.07, 6.45) is 1.47. The van der Waals surface area contributed by atoms with Crippen LogP contribution in [0.15, 0.2) is 168 Å². The molecule has 0 heterocycles. The molecule has 0 aliphatic carbocycles. The summed E-state index contributed by atoms with van der Waals surface area (Å²) in [4.78, 5) is 41.1. The van der Waals surface area contributed by atoms with Crippen LogP contribution in [0.3, 0.4) is 0 Å². The molecule has 0 saturated carbocycles. The molecule has 10 heteroatoms. The van der Waals surface area contributed by atoms with E-state index in [-0.39, 0.29) is 16.6 Å². The zero-order chi connectivity index (χ0) is 36.3. The third-order valence-corrected chi connectivity index (χ3v) is 9.72. The molecule has 1 unspecified atom stereocenters. The van der Waals surface area contributed by atoms with Crippen LogP contribution >= 0.6 is 35.0 Å². The second-order valence-electron chi connectivity index (χ2n) is 11.3. The van der Waals surface area contributed by atoms with E-state index in [0.717, 1.165) is 16.2 Å². The van der Waals surface area contributed by atoms with Gasteiger partial charge in [-0.15, -0.1) is 11.8 Å². The predicted molar refractivity (Wildman–Crippen MR) is 210 cm³/mol. The van der Waals surface area contributed by atoms with Crippen LogP contribution in [0.5, 0.6) is 11.5 Å². The summed E-state index contributed by atoms with van der Waals surface area (Å²) in [7, 11) is 0. The lowest BCUT2D eigenvalue weighted by Gasteiger charge is -2.18. The third kappa shape index (κ3) is 9.70. The monoisotopic (exact) mass is 743 g/mol. The van der Waals surface area contributed by atoms with Crippen LogP contribution < -0.4 is 20.7 Å². The minimum Gasteiger partial charge on any atom is -0.457 e. The van der Waals surface area contributed by atoms with E-state index in [9.17, 15) is 14.4 Å². The SMILES string of the molecule is O=C(Nc1ccc(SC(C(=O)Nc2ccc(Oc3ccccc3)cc2)c2ccccc2)cc1)/C(=C/c1cccc(Cl)c1Cl)NC(=O)c1ccccc1. The average Bonchev–Trinajstić information content (AvgIpc) is 3.17. The molecule has 0 aliphatic heterocycles. The van der Waals surface area contributed by atoms with E-state index in [1.165, 1.54) is 17.8 Å². The van der Waals surface area contributed by atoms with Crippen LogP contribution in [-0.4, -0.2) is 17.7 Å². The number of amides is 3. The minimum absolute atomic E-state index is 0.0306. The first-order valence-electron chi connectivity index (χ1n) is 16.1. The Balaban J connectivity index is 1.16. The Morgan fingerprint density at radius 3 is 1.87 bits per heavy atom. The first-order valence-corrected chi connectivity index (χ1v) is 17.7. The molecule has 0 spiro atoms. The summed E-state index contributed by atoms with van der Waals surface area (Å²) < 4.78 is 5.88. The third-order valence-electron chi connectivity index (χ3n) is 7.62. The van der Waals surface area contributed by atoms with Gasteiger partial charge in [-0.25, -0.2) is 0 Å². The summed E-state index contributed by atoms with van der Waals surface area (Å²) in [5.74, 6) is 0.143. The van der Waals surface area contributed by atoms with E-state index < -0.39 is 17.1 Å². The first kappa shape index (κ1) is 36.0. The molecular weight excluding hydrogens is 713 g/mol. The van der Waals surface area contributed by atoms with E-state index in [1.807, 2.05) is 72.8 Å². The zero-order valence-electron chi connectivity index (χ0n) is 27.5. The van der Waals surface area contributed by atoms with Crippen molar-refractivity contribution in [2.24, 2.45) is 0 Å². The number of thioether (sulfide) groups is 1. The van der Waals surface area contributed by atoms with Gasteiger partial charge < -0.3 is 20.7 Å². The first-order chi connectivity index (χ1) is 25.3. The van der Waals surface area contributed by atoms with Crippen molar-refractivity contribution in [3.05, 3.63) is 190 Å². The maximum absolute atomic E-state index is 13.7. The molecule has 6 aromatic carbocycles. The molecule has 3 N–H and O–H groups in total. The van der Waals surface area contributed by atoms with Gasteiger partial charge in [-0.2, -0.15) is 0 Å². The summed E-state index contributed by atoms with van der Waals surface area (Å²) in [5.41, 5.74) is 2.75. The molecule has 52 heavy (non-hydrogen) atoms. The van der Waals surface area contributed by atoms with Crippen LogP contribution in [-0.2, 0) is 9.59 Å². The number of ether oxygens (including phenoxy) is 1. The van der Waals surface area contributed by atoms with Gasteiger partial charge in [0, 0.05) is 21.8 Å². The van der Waals surface area contributed by atoms with Crippen molar-refractivity contribution in [1.82, 2.24) is 5.32 Å². The Morgan fingerprint density at radius 1 is 0.615 bits per heavy atom. The summed E-state index contributed by atoms with van der Waals surface area (Å²) in [6.45, 7) is 0. The number of anilines is 2. The maximum atomic E-state index is 13.7. The second kappa shape index (κ2) is 17.4. The van der Waals surface area contributed by atoms with E-state index in [4.69, 9.17) is 27.9 Å². The van der Waals surface area contributed by atoms with Gasteiger partial charge >= 0.3 is 0 Å². The Hall–Kier alpha value is -5.80. The molecule has 3 amide bonds. The molecule has 6 rings (SSSR count). The maximum Gasteiger partial charge on any atom is 0.272 e. The fraction of sp³-hybridized carbons (Fsp3) is 0.0238. The molecule has 0 aliphatic rings. The quantitative estimate of drug-likeness (QED) is 0.0856. The van der Waals surface area contributed by atoms with Crippen LogP contribution in [0, 0.1) is 0 Å². The molecule has 6 aromatic rings. The number of hydrogen-bond donors (Lipinski definition) is 3. The Morgan fingerprint density at radius 2 is 1.19 bits per heavy atom. The normalized spacial score (nSPS) is 11.6.